The molecule has 0 aromatic heterocycles. The van der Waals surface area contributed by atoms with Crippen LogP contribution in [0.2, 0.25) is 0 Å². The van der Waals surface area contributed by atoms with Crippen LogP contribution in [-0.4, -0.2) is 0 Å². The largest absolute Gasteiger partial charge is 0.0654 e. The van der Waals surface area contributed by atoms with Gasteiger partial charge in [-0.3, -0.25) is 0 Å². The lowest BCUT2D eigenvalue weighted by molar-refractivity contribution is 0.504. The van der Waals surface area contributed by atoms with Gasteiger partial charge < -0.3 is 0 Å². The number of hydrogen-bond acceptors (Lipinski definition) is 0. The lowest BCUT2D eigenvalue weighted by Crippen LogP contribution is -1.85. The van der Waals surface area contributed by atoms with E-state index in [1.54, 1.807) is 0 Å². The third-order valence-electron chi connectivity index (χ3n) is 4.35. The lowest BCUT2D eigenvalue weighted by Gasteiger charge is -2.05. The van der Waals surface area contributed by atoms with Crippen molar-refractivity contribution >= 4 is 0 Å². The van der Waals surface area contributed by atoms with Crippen LogP contribution >= 0.6 is 0 Å². The summed E-state index contributed by atoms with van der Waals surface area (Å²) in [5, 5.41) is 0. The molecule has 0 N–H and O–H groups in total. The van der Waals surface area contributed by atoms with Gasteiger partial charge in [0.15, 0.2) is 0 Å². The Bertz CT molecular complexity index is 125. The van der Waals surface area contributed by atoms with E-state index in [-0.39, 0.29) is 0 Å². The SMILES string of the molecule is C1CCCCC1.CC1CCCC1.CCCCCCC. The third-order valence-corrected chi connectivity index (χ3v) is 4.35. The van der Waals surface area contributed by atoms with Crippen LogP contribution in [0.3, 0.4) is 0 Å². The van der Waals surface area contributed by atoms with Crippen LogP contribution < -0.4 is 0 Å². The Morgan fingerprint density at radius 2 is 0.947 bits per heavy atom. The molecule has 0 aromatic rings. The summed E-state index contributed by atoms with van der Waals surface area (Å²) in [5.74, 6) is 1.05. The van der Waals surface area contributed by atoms with Gasteiger partial charge >= 0.3 is 0 Å². The summed E-state index contributed by atoms with van der Waals surface area (Å²) < 4.78 is 0. The van der Waals surface area contributed by atoms with Crippen LogP contribution in [0.1, 0.15) is 117 Å². The fraction of sp³-hybridized carbons (Fsp3) is 1.00. The molecule has 0 aliphatic heterocycles. The number of hydrogen-bond donors (Lipinski definition) is 0. The summed E-state index contributed by atoms with van der Waals surface area (Å²) in [5.41, 5.74) is 0. The van der Waals surface area contributed by atoms with E-state index in [2.05, 4.69) is 20.8 Å². The molecule has 0 heterocycles. The van der Waals surface area contributed by atoms with E-state index in [9.17, 15) is 0 Å². The van der Waals surface area contributed by atoms with E-state index >= 15 is 0 Å². The van der Waals surface area contributed by atoms with Crippen molar-refractivity contribution in [1.82, 2.24) is 0 Å². The quantitative estimate of drug-likeness (QED) is 0.463. The van der Waals surface area contributed by atoms with Crippen molar-refractivity contribution in [3.8, 4) is 0 Å². The number of unbranched alkanes of at least 4 members (excludes halogenated alkanes) is 4. The van der Waals surface area contributed by atoms with Crippen molar-refractivity contribution in [2.45, 2.75) is 117 Å². The molecule has 2 aliphatic rings. The number of rotatable bonds is 4. The molecule has 0 nitrogen and oxygen atoms in total. The first-order valence-corrected chi connectivity index (χ1v) is 9.31. The molecular weight excluding hydrogens is 228 g/mol. The van der Waals surface area contributed by atoms with Gasteiger partial charge in [-0.1, -0.05) is 117 Å². The standard InChI is InChI=1S/C7H16.2C6H12/c1-3-5-7-6-4-2;1-6-4-2-3-5-6;1-2-4-6-5-3-1/h3-7H2,1-2H3;6H,2-5H2,1H3;1-6H2. The molecule has 0 aromatic carbocycles. The summed E-state index contributed by atoms with van der Waals surface area (Å²) in [4.78, 5) is 0. The average Bonchev–Trinajstić information content (AvgIpc) is 2.94. The Labute approximate surface area is 123 Å². The summed E-state index contributed by atoms with van der Waals surface area (Å²) in [6, 6.07) is 0. The van der Waals surface area contributed by atoms with Gasteiger partial charge in [0.1, 0.15) is 0 Å². The van der Waals surface area contributed by atoms with Crippen LogP contribution in [0, 0.1) is 5.92 Å². The van der Waals surface area contributed by atoms with Crippen molar-refractivity contribution in [2.75, 3.05) is 0 Å². The smallest absolute Gasteiger partial charge is 0.0443 e. The molecular formula is C19H40. The van der Waals surface area contributed by atoms with Crippen molar-refractivity contribution in [2.24, 2.45) is 5.92 Å². The molecule has 116 valence electrons. The molecule has 0 atom stereocenters. The van der Waals surface area contributed by atoms with Crippen LogP contribution in [0.4, 0.5) is 0 Å². The van der Waals surface area contributed by atoms with Gasteiger partial charge in [-0.05, 0) is 5.92 Å². The molecule has 19 heavy (non-hydrogen) atoms. The summed E-state index contributed by atoms with van der Waals surface area (Å²) in [6.45, 7) is 6.83. The molecule has 0 heteroatoms. The summed E-state index contributed by atoms with van der Waals surface area (Å²) >= 11 is 0. The van der Waals surface area contributed by atoms with E-state index in [1.807, 2.05) is 0 Å². The molecule has 0 radical (unpaired) electrons. The van der Waals surface area contributed by atoms with Crippen LogP contribution in [0.5, 0.6) is 0 Å². The van der Waals surface area contributed by atoms with Crippen LogP contribution in [-0.2, 0) is 0 Å². The highest BCUT2D eigenvalue weighted by molar-refractivity contribution is 4.60. The predicted molar refractivity (Wildman–Crippen MR) is 89.8 cm³/mol. The Morgan fingerprint density at radius 3 is 1.16 bits per heavy atom. The van der Waals surface area contributed by atoms with Crippen LogP contribution in [0.25, 0.3) is 0 Å². The first-order chi connectivity index (χ1) is 9.31. The molecule has 2 saturated carbocycles. The van der Waals surface area contributed by atoms with Gasteiger partial charge in [-0.15, -0.1) is 0 Å². The Balaban J connectivity index is 0.000000256. The van der Waals surface area contributed by atoms with Gasteiger partial charge in [0.25, 0.3) is 0 Å². The molecule has 2 rings (SSSR count). The van der Waals surface area contributed by atoms with Crippen molar-refractivity contribution in [3.05, 3.63) is 0 Å². The Kier molecular flexibility index (Phi) is 16.1. The maximum atomic E-state index is 2.34. The van der Waals surface area contributed by atoms with Crippen LogP contribution in [0.15, 0.2) is 0 Å². The zero-order valence-corrected chi connectivity index (χ0v) is 14.2. The Hall–Kier alpha value is 0. The molecule has 2 fully saturated rings. The maximum Gasteiger partial charge on any atom is -0.0443 e. The topological polar surface area (TPSA) is 0 Å². The zero-order valence-electron chi connectivity index (χ0n) is 14.2. The molecule has 2 aliphatic carbocycles. The van der Waals surface area contributed by atoms with E-state index in [4.69, 9.17) is 0 Å². The summed E-state index contributed by atoms with van der Waals surface area (Å²) in [7, 11) is 0. The maximum absolute atomic E-state index is 2.34. The minimum absolute atomic E-state index is 1.05. The molecule has 0 spiro atoms. The predicted octanol–water partition coefficient (Wildman–Crippen LogP) is 7.51. The lowest BCUT2D eigenvalue weighted by atomic mass is 10.0. The van der Waals surface area contributed by atoms with Gasteiger partial charge in [0, 0.05) is 0 Å². The fourth-order valence-electron chi connectivity index (χ4n) is 2.87. The minimum Gasteiger partial charge on any atom is -0.0654 e. The highest BCUT2D eigenvalue weighted by atomic mass is 14.1. The second kappa shape index (κ2) is 16.1. The fourth-order valence-corrected chi connectivity index (χ4v) is 2.87. The minimum atomic E-state index is 1.05. The van der Waals surface area contributed by atoms with Crippen molar-refractivity contribution in [3.63, 3.8) is 0 Å². The molecule has 0 bridgehead atoms. The second-order valence-electron chi connectivity index (χ2n) is 6.57. The van der Waals surface area contributed by atoms with E-state index < -0.39 is 0 Å². The van der Waals surface area contributed by atoms with Gasteiger partial charge in [0.2, 0.25) is 0 Å². The monoisotopic (exact) mass is 268 g/mol. The zero-order chi connectivity index (χ0) is 14.2. The van der Waals surface area contributed by atoms with Gasteiger partial charge in [-0.2, -0.15) is 0 Å². The van der Waals surface area contributed by atoms with E-state index in [1.165, 1.54) is 96.3 Å². The van der Waals surface area contributed by atoms with Crippen molar-refractivity contribution < 1.29 is 0 Å². The second-order valence-corrected chi connectivity index (χ2v) is 6.57. The highest BCUT2D eigenvalue weighted by Crippen LogP contribution is 2.22. The van der Waals surface area contributed by atoms with E-state index in [0.717, 1.165) is 5.92 Å². The third kappa shape index (κ3) is 15.9. The molecule has 0 unspecified atom stereocenters. The van der Waals surface area contributed by atoms with Gasteiger partial charge in [-0.25, -0.2) is 0 Å². The summed E-state index contributed by atoms with van der Waals surface area (Å²) in [6.07, 6.45) is 22.0. The van der Waals surface area contributed by atoms with Crippen molar-refractivity contribution in [1.29, 1.82) is 0 Å². The average molecular weight is 269 g/mol. The molecule has 0 saturated heterocycles. The molecule has 0 amide bonds. The first kappa shape index (κ1) is 19.0. The first-order valence-electron chi connectivity index (χ1n) is 9.31. The normalized spacial score (nSPS) is 19.1. The highest BCUT2D eigenvalue weighted by Gasteiger charge is 2.07. The van der Waals surface area contributed by atoms with Gasteiger partial charge in [0.05, 0.1) is 0 Å². The Morgan fingerprint density at radius 1 is 0.579 bits per heavy atom. The van der Waals surface area contributed by atoms with E-state index in [0.29, 0.717) is 0 Å².